The molecule has 0 spiro atoms. The molecule has 31 nitrogen and oxygen atoms in total. The Morgan fingerprint density at radius 3 is 1.31 bits per heavy atom. The fourth-order valence-electron chi connectivity index (χ4n) is 21.2. The van der Waals surface area contributed by atoms with Crippen LogP contribution in [0.15, 0.2) is 132 Å². The predicted octanol–water partition coefficient (Wildman–Crippen LogP) is 9.75. The number of alkyl carbamates (subject to hydrolysis) is 2. The van der Waals surface area contributed by atoms with Gasteiger partial charge < -0.3 is 102 Å². The van der Waals surface area contributed by atoms with E-state index in [0.29, 0.717) is 54.5 Å². The maximum atomic E-state index is 15.3. The minimum absolute atomic E-state index is 0.0603. The van der Waals surface area contributed by atoms with E-state index in [9.17, 15) is 58.8 Å². The van der Waals surface area contributed by atoms with Gasteiger partial charge in [-0.05, 0) is 172 Å². The normalized spacial score (nSPS) is 34.4. The second-order valence-corrected chi connectivity index (χ2v) is 38.1. The molecule has 124 heavy (non-hydrogen) atoms. The van der Waals surface area contributed by atoms with E-state index in [1.54, 1.807) is 144 Å². The van der Waals surface area contributed by atoms with Crippen LogP contribution in [0.5, 0.6) is 0 Å². The number of benzene rings is 2. The van der Waals surface area contributed by atoms with Gasteiger partial charge in [-0.3, -0.25) is 19.6 Å². The van der Waals surface area contributed by atoms with Crippen LogP contribution in [0.25, 0.3) is 0 Å². The van der Waals surface area contributed by atoms with Crippen molar-refractivity contribution in [3.05, 3.63) is 166 Å². The Hall–Kier alpha value is -9.26. The highest BCUT2D eigenvalue weighted by molar-refractivity contribution is 5.90. The maximum Gasteiger partial charge on any atom is 0.408 e. The lowest BCUT2D eigenvalue weighted by Crippen LogP contribution is -2.79. The Kier molecular flexibility index (Phi) is 25.5. The van der Waals surface area contributed by atoms with Gasteiger partial charge in [-0.2, -0.15) is 0 Å². The van der Waals surface area contributed by atoms with Gasteiger partial charge in [-0.15, -0.1) is 0 Å². The van der Waals surface area contributed by atoms with E-state index in [0.717, 1.165) is 12.1 Å². The van der Waals surface area contributed by atoms with E-state index in [4.69, 9.17) is 66.3 Å². The Bertz CT molecular complexity index is 4830. The molecular weight excluding hydrogens is 1620 g/mol. The SMILES string of the molecule is C=C[C@@H]1O[C@@H]2C3=C(C)[C@@H](OC(=O)[C@H](O)[C@@H](NC(=O)OC(C)(C)C)c4ncccc4F)C[C@@](O)([C@@H](OC(=O)c4ccccc4)[C@H]4[C@@](C)(CC[C@H]5OC[C@]54OC(C)=O)[C@@H]2O1)C3(C)C.CC(=O)O[C@@]12CO[C@@H]1CC[C@@]1(C)[C@@H]3O[C@H](CN(C)C)O[C@@H]3C3=C(C)[C@@H](OC(=O)[C@H](O)[C@@H](NC(=O)OC(C)(C)C)c4ncccc4F)C[C@@](O)([C@@H](OC(=O)c4ccccc4)[C@@H]12)C3(C)C. The highest BCUT2D eigenvalue weighted by Crippen LogP contribution is 2.69. The molecule has 10 aliphatic rings. The van der Waals surface area contributed by atoms with E-state index in [1.165, 1.54) is 44.4 Å². The molecule has 14 rings (SSSR count). The molecule has 6 aliphatic carbocycles. The van der Waals surface area contributed by atoms with Gasteiger partial charge in [-0.1, -0.05) is 84.5 Å². The third-order valence-electron chi connectivity index (χ3n) is 26.9. The first-order valence-corrected chi connectivity index (χ1v) is 41.9. The summed E-state index contributed by atoms with van der Waals surface area (Å²) in [5, 5.41) is 55.7. The fraction of sp³-hybridized carbons (Fsp3) is 0.604. The average molecular weight is 1730 g/mol. The molecule has 6 heterocycles. The fourth-order valence-corrected chi connectivity index (χ4v) is 21.2. The zero-order valence-electron chi connectivity index (χ0n) is 73.1. The van der Waals surface area contributed by atoms with Crippen molar-refractivity contribution in [2.24, 2.45) is 33.5 Å². The molecule has 4 bridgehead atoms. The summed E-state index contributed by atoms with van der Waals surface area (Å²) >= 11 is 0. The van der Waals surface area contributed by atoms with Crippen LogP contribution in [0.1, 0.15) is 193 Å². The summed E-state index contributed by atoms with van der Waals surface area (Å²) in [5.41, 5.74) is -12.4. The second-order valence-electron chi connectivity index (χ2n) is 38.1. The maximum absolute atomic E-state index is 15.3. The molecule has 2 aromatic heterocycles. The highest BCUT2D eigenvalue weighted by atomic mass is 19.1. The number of carbonyl (C=O) groups is 8. The zero-order chi connectivity index (χ0) is 90.5. The topological polar surface area (TPSA) is 400 Å². The number of hydrogen-bond acceptors (Lipinski definition) is 29. The van der Waals surface area contributed by atoms with Crippen molar-refractivity contribution in [1.29, 1.82) is 0 Å². The molecular formula is C91H115F2N5O26. The number of amides is 2. The lowest BCUT2D eigenvalue weighted by atomic mass is 9.45. The standard InChI is InChI=1S/C46H60FN3O13.C45H55FN2O13/c1-24-28(58-40(54)34(52)33(32-27(47)17-14-20-48-32)49-41(55)63-42(3,4)5)21-46(56)38(61-39(53)26-15-12-11-13-16-26)36-44(8,19-18-29-45(36,23-57-29)62-25(2)51)37-35(31(24)43(46,6)7)59-30(60-37)22-50(9)10;1-10-29-57-34-30-23(2)27(56-39(52)33(50)32(31-26(46)17-14-20-47-31)48-40(53)61-41(4,5)6)21-45(54,42(30,7)8)37(59-38(51)25-15-12-11-13-16-25)35-43(9,36(34)58-29)19-18-28-44(35,22-55-28)60-24(3)49/h11-17,20,28-30,33-38,52,56H,18-19,21-23H2,1-10H3,(H,49,55);10-17,20,27-29,32-37,50,54H,1,18-19,21-22H2,2-9H3,(H,48,53)/t28-,29+,30+,33-,34+,35+,36-,37+,38-,44+,45-,46+;27-,28+,29+,32-,33+,34+,35-,36+,37-,43+,44-,45+/m00/s1. The van der Waals surface area contributed by atoms with Crippen molar-refractivity contribution >= 4 is 48.0 Å². The summed E-state index contributed by atoms with van der Waals surface area (Å²) in [7, 11) is 3.75. The molecule has 6 N–H and O–H groups in total. The first kappa shape index (κ1) is 92.4. The van der Waals surface area contributed by atoms with E-state index < -0.39 is 249 Å². The molecule has 24 atom stereocenters. The molecule has 4 aliphatic heterocycles. The number of esters is 6. The second kappa shape index (κ2) is 34.2. The Balaban J connectivity index is 0.000000213. The molecule has 0 radical (unpaired) electrons. The molecule has 2 amide bonds. The first-order valence-electron chi connectivity index (χ1n) is 41.9. The first-order chi connectivity index (χ1) is 58.0. The van der Waals surface area contributed by atoms with Crippen LogP contribution >= 0.6 is 0 Å². The van der Waals surface area contributed by atoms with Crippen LogP contribution in [0.2, 0.25) is 0 Å². The number of nitrogens with one attached hydrogen (secondary N) is 2. The average Bonchev–Trinajstić information content (AvgIpc) is 1.11. The van der Waals surface area contributed by atoms with E-state index in [-0.39, 0.29) is 24.3 Å². The van der Waals surface area contributed by atoms with Gasteiger partial charge in [0.15, 0.2) is 36.0 Å². The summed E-state index contributed by atoms with van der Waals surface area (Å²) in [6.07, 6.45) is -13.7. The van der Waals surface area contributed by atoms with Gasteiger partial charge in [-0.25, -0.2) is 37.5 Å². The summed E-state index contributed by atoms with van der Waals surface area (Å²) in [6.45, 7) is 30.9. The van der Waals surface area contributed by atoms with E-state index >= 15 is 8.78 Å². The largest absolute Gasteiger partial charge is 0.456 e. The minimum Gasteiger partial charge on any atom is -0.456 e. The number of rotatable bonds is 19. The number of ether oxygens (including phenoxy) is 14. The Morgan fingerprint density at radius 1 is 0.573 bits per heavy atom. The highest BCUT2D eigenvalue weighted by Gasteiger charge is 2.80. The van der Waals surface area contributed by atoms with Crippen molar-refractivity contribution in [2.75, 3.05) is 33.9 Å². The van der Waals surface area contributed by atoms with Crippen molar-refractivity contribution in [3.63, 3.8) is 0 Å². The number of fused-ring (bicyclic) bond motifs is 16. The van der Waals surface area contributed by atoms with Crippen LogP contribution in [-0.4, -0.2) is 237 Å². The summed E-state index contributed by atoms with van der Waals surface area (Å²) < 4.78 is 119. The van der Waals surface area contributed by atoms with E-state index in [1.807, 2.05) is 32.8 Å². The minimum atomic E-state index is -2.25. The number of nitrogens with zero attached hydrogens (tertiary/aromatic N) is 3. The number of aliphatic hydroxyl groups excluding tert-OH is 2. The summed E-state index contributed by atoms with van der Waals surface area (Å²) in [6, 6.07) is 17.7. The number of aliphatic hydroxyl groups is 4. The Morgan fingerprint density at radius 2 is 0.960 bits per heavy atom. The van der Waals surface area contributed by atoms with Gasteiger partial charge in [0, 0.05) is 67.3 Å². The van der Waals surface area contributed by atoms with Crippen LogP contribution in [0, 0.1) is 45.1 Å². The van der Waals surface area contributed by atoms with Gasteiger partial charge in [0.25, 0.3) is 0 Å². The third kappa shape index (κ3) is 16.7. The monoisotopic (exact) mass is 1730 g/mol. The third-order valence-corrected chi connectivity index (χ3v) is 26.9. The zero-order valence-corrected chi connectivity index (χ0v) is 73.1. The number of carbonyl (C=O) groups excluding carboxylic acids is 8. The summed E-state index contributed by atoms with van der Waals surface area (Å²) in [4.78, 5) is 120. The van der Waals surface area contributed by atoms with Crippen molar-refractivity contribution in [2.45, 2.75) is 281 Å². The number of hydrogen-bond donors (Lipinski definition) is 6. The van der Waals surface area contributed by atoms with Crippen LogP contribution in [0.4, 0.5) is 18.4 Å². The lowest BCUT2D eigenvalue weighted by molar-refractivity contribution is -0.345. The number of pyridine rings is 2. The lowest BCUT2D eigenvalue weighted by Gasteiger charge is -2.68. The summed E-state index contributed by atoms with van der Waals surface area (Å²) in [5.74, 6) is -9.16. The quantitative estimate of drug-likeness (QED) is 0.0289. The van der Waals surface area contributed by atoms with Crippen molar-refractivity contribution in [1.82, 2.24) is 25.5 Å². The van der Waals surface area contributed by atoms with Crippen LogP contribution in [0.3, 0.4) is 0 Å². The molecule has 4 saturated heterocycles. The molecule has 4 saturated carbocycles. The molecule has 2 aromatic carbocycles. The van der Waals surface area contributed by atoms with Crippen molar-refractivity contribution in [3.8, 4) is 0 Å². The molecule has 4 aromatic rings. The Labute approximate surface area is 718 Å². The van der Waals surface area contributed by atoms with Gasteiger partial charge in [0.2, 0.25) is 0 Å². The molecule has 674 valence electrons. The molecule has 8 fully saturated rings. The number of aromatic nitrogens is 2. The van der Waals surface area contributed by atoms with Crippen LogP contribution in [-0.2, 0) is 85.5 Å². The van der Waals surface area contributed by atoms with Crippen molar-refractivity contribution < 1.29 is 134 Å². The smallest absolute Gasteiger partial charge is 0.408 e. The number of halogens is 2. The predicted molar refractivity (Wildman–Crippen MR) is 434 cm³/mol. The van der Waals surface area contributed by atoms with E-state index in [2.05, 4.69) is 27.2 Å². The molecule has 33 heteroatoms. The van der Waals surface area contributed by atoms with Gasteiger partial charge >= 0.3 is 48.0 Å². The number of likely N-dealkylation sites (N-methyl/N-ethyl adjacent to an activating group) is 1. The van der Waals surface area contributed by atoms with Gasteiger partial charge in [0.05, 0.1) is 48.4 Å². The van der Waals surface area contributed by atoms with Crippen LogP contribution < -0.4 is 10.6 Å². The van der Waals surface area contributed by atoms with Gasteiger partial charge in [0.1, 0.15) is 106 Å². The molecule has 0 unspecified atom stereocenters.